The summed E-state index contributed by atoms with van der Waals surface area (Å²) in [6.07, 6.45) is -3.11. The Bertz CT molecular complexity index is 547. The molecule has 1 N–H and O–H groups in total. The van der Waals surface area contributed by atoms with Gasteiger partial charge in [0.25, 0.3) is 0 Å². The zero-order chi connectivity index (χ0) is 17.1. The van der Waals surface area contributed by atoms with Crippen LogP contribution in [0.25, 0.3) is 0 Å². The molecule has 1 aromatic heterocycles. The zero-order valence-electron chi connectivity index (χ0n) is 12.6. The van der Waals surface area contributed by atoms with E-state index in [1.807, 2.05) is 20.8 Å². The van der Waals surface area contributed by atoms with E-state index in [1.165, 1.54) is 12.3 Å². The van der Waals surface area contributed by atoms with E-state index < -0.39 is 28.5 Å². The molecule has 0 unspecified atom stereocenters. The van der Waals surface area contributed by atoms with Crippen molar-refractivity contribution in [1.29, 1.82) is 0 Å². The highest BCUT2D eigenvalue weighted by molar-refractivity contribution is 7.84. The molecule has 22 heavy (non-hydrogen) atoms. The first kappa shape index (κ1) is 19.2. The summed E-state index contributed by atoms with van der Waals surface area (Å²) in [5, 5.41) is -0.0306. The Hall–Kier alpha value is -0.860. The van der Waals surface area contributed by atoms with Crippen molar-refractivity contribution in [3.05, 3.63) is 22.8 Å². The number of hydrogen-bond acceptors (Lipinski definition) is 3. The van der Waals surface area contributed by atoms with Gasteiger partial charge in [-0.05, 0) is 39.3 Å². The number of halogens is 4. The maximum absolute atomic E-state index is 12.1. The molecule has 0 aliphatic carbocycles. The summed E-state index contributed by atoms with van der Waals surface area (Å²) in [6, 6.07) is 1.11. The number of nitrogens with one attached hydrogen (secondary N) is 1. The van der Waals surface area contributed by atoms with Crippen LogP contribution < -0.4 is 9.46 Å². The van der Waals surface area contributed by atoms with E-state index in [1.54, 1.807) is 6.92 Å². The Morgan fingerprint density at radius 3 is 2.45 bits per heavy atom. The summed E-state index contributed by atoms with van der Waals surface area (Å²) in [5.74, 6) is -0.285. The lowest BCUT2D eigenvalue weighted by atomic mass is 10.2. The lowest BCUT2D eigenvalue weighted by molar-refractivity contribution is -0.154. The first-order chi connectivity index (χ1) is 9.90. The van der Waals surface area contributed by atoms with E-state index in [4.69, 9.17) is 11.6 Å². The van der Waals surface area contributed by atoms with Crippen molar-refractivity contribution in [3.63, 3.8) is 0 Å². The van der Waals surface area contributed by atoms with E-state index in [-0.39, 0.29) is 16.9 Å². The summed E-state index contributed by atoms with van der Waals surface area (Å²) in [6.45, 7) is 5.76. The molecule has 1 aromatic rings. The highest BCUT2D eigenvalue weighted by Gasteiger charge is 2.29. The molecule has 0 fully saturated rings. The molecule has 2 atom stereocenters. The summed E-state index contributed by atoms with van der Waals surface area (Å²) >= 11 is 5.87. The number of pyridine rings is 1. The molecule has 0 spiro atoms. The molecule has 9 heteroatoms. The molecule has 0 saturated heterocycles. The fourth-order valence-electron chi connectivity index (χ4n) is 1.34. The van der Waals surface area contributed by atoms with E-state index in [2.05, 4.69) is 14.4 Å². The van der Waals surface area contributed by atoms with Crippen LogP contribution in [0.4, 0.5) is 13.2 Å². The standard InChI is InChI=1S/C13H18ClF3N2O2S/c1-8(19-22(20)12(2,3)4)9-5-10(14)11(18-6-9)21-7-13(15,16)17/h5-6,8,19H,7H2,1-4H3/t8-,22+/m0/s1. The molecule has 126 valence electrons. The van der Waals surface area contributed by atoms with Gasteiger partial charge >= 0.3 is 6.18 Å². The van der Waals surface area contributed by atoms with E-state index >= 15 is 0 Å². The molecule has 1 heterocycles. The number of alkyl halides is 3. The Morgan fingerprint density at radius 2 is 2.00 bits per heavy atom. The van der Waals surface area contributed by atoms with Crippen LogP contribution in [0.2, 0.25) is 5.02 Å². The van der Waals surface area contributed by atoms with Gasteiger partial charge in [0.15, 0.2) is 6.61 Å². The van der Waals surface area contributed by atoms with Gasteiger partial charge in [0.2, 0.25) is 5.88 Å². The van der Waals surface area contributed by atoms with Gasteiger partial charge in [-0.3, -0.25) is 0 Å². The van der Waals surface area contributed by atoms with E-state index in [9.17, 15) is 17.4 Å². The third kappa shape index (κ3) is 6.10. The molecular formula is C13H18ClF3N2O2S. The van der Waals surface area contributed by atoms with Gasteiger partial charge in [-0.15, -0.1) is 0 Å². The molecular weight excluding hydrogens is 341 g/mol. The second-order valence-corrected chi connectivity index (χ2v) is 8.09. The van der Waals surface area contributed by atoms with Crippen molar-refractivity contribution in [2.75, 3.05) is 6.61 Å². The minimum Gasteiger partial charge on any atom is -0.467 e. The van der Waals surface area contributed by atoms with Gasteiger partial charge in [-0.25, -0.2) is 13.9 Å². The smallest absolute Gasteiger partial charge is 0.422 e. The summed E-state index contributed by atoms with van der Waals surface area (Å²) in [5.41, 5.74) is 0.599. The van der Waals surface area contributed by atoms with Crippen molar-refractivity contribution >= 4 is 22.6 Å². The number of aromatic nitrogens is 1. The molecule has 0 saturated carbocycles. The zero-order valence-corrected chi connectivity index (χ0v) is 14.2. The third-order valence-electron chi connectivity index (χ3n) is 2.54. The maximum Gasteiger partial charge on any atom is 0.422 e. The molecule has 0 radical (unpaired) electrons. The fourth-order valence-corrected chi connectivity index (χ4v) is 2.38. The van der Waals surface area contributed by atoms with Crippen molar-refractivity contribution in [3.8, 4) is 5.88 Å². The fraction of sp³-hybridized carbons (Fsp3) is 0.615. The number of hydrogen-bond donors (Lipinski definition) is 1. The van der Waals surface area contributed by atoms with Gasteiger partial charge < -0.3 is 4.74 Å². The molecule has 0 bridgehead atoms. The topological polar surface area (TPSA) is 51.2 Å². The van der Waals surface area contributed by atoms with E-state index in [0.717, 1.165) is 0 Å². The lowest BCUT2D eigenvalue weighted by Crippen LogP contribution is -2.34. The summed E-state index contributed by atoms with van der Waals surface area (Å²) < 4.78 is 55.3. The van der Waals surface area contributed by atoms with Crippen molar-refractivity contribution in [2.45, 2.75) is 44.7 Å². The minimum absolute atomic E-state index is 0.0306. The van der Waals surface area contributed by atoms with Gasteiger partial charge in [-0.1, -0.05) is 11.6 Å². The second kappa shape index (κ2) is 7.14. The Kier molecular flexibility index (Phi) is 6.23. The second-order valence-electron chi connectivity index (χ2n) is 5.68. The largest absolute Gasteiger partial charge is 0.467 e. The van der Waals surface area contributed by atoms with Crippen LogP contribution in [0, 0.1) is 0 Å². The Balaban J connectivity index is 2.78. The van der Waals surface area contributed by atoms with Crippen LogP contribution >= 0.6 is 11.6 Å². The SMILES string of the molecule is C[C@H](N[S@](=O)C(C)(C)C)c1cnc(OCC(F)(F)F)c(Cl)c1. The van der Waals surface area contributed by atoms with Crippen LogP contribution in [0.15, 0.2) is 12.3 Å². The molecule has 0 aliphatic rings. The number of ether oxygens (including phenoxy) is 1. The average molecular weight is 359 g/mol. The Morgan fingerprint density at radius 1 is 1.41 bits per heavy atom. The van der Waals surface area contributed by atoms with Crippen molar-refractivity contribution in [1.82, 2.24) is 9.71 Å². The molecule has 0 amide bonds. The minimum atomic E-state index is -4.46. The van der Waals surface area contributed by atoms with Crippen LogP contribution in [-0.4, -0.2) is 26.7 Å². The number of nitrogens with zero attached hydrogens (tertiary/aromatic N) is 1. The first-order valence-corrected chi connectivity index (χ1v) is 7.96. The molecule has 0 aromatic carbocycles. The highest BCUT2D eigenvalue weighted by atomic mass is 35.5. The number of rotatable bonds is 5. The third-order valence-corrected chi connectivity index (χ3v) is 4.49. The van der Waals surface area contributed by atoms with Crippen LogP contribution in [0.3, 0.4) is 0 Å². The predicted octanol–water partition coefficient (Wildman–Crippen LogP) is 3.79. The van der Waals surface area contributed by atoms with Crippen molar-refractivity contribution < 1.29 is 22.1 Å². The van der Waals surface area contributed by atoms with Gasteiger partial charge in [0.1, 0.15) is 5.02 Å². The normalized spacial score (nSPS) is 15.5. The van der Waals surface area contributed by atoms with Gasteiger partial charge in [0.05, 0.1) is 15.7 Å². The van der Waals surface area contributed by atoms with Crippen LogP contribution in [0.5, 0.6) is 5.88 Å². The molecule has 0 aliphatic heterocycles. The van der Waals surface area contributed by atoms with Gasteiger partial charge in [-0.2, -0.15) is 13.2 Å². The average Bonchev–Trinajstić information content (AvgIpc) is 2.34. The van der Waals surface area contributed by atoms with Crippen molar-refractivity contribution in [2.24, 2.45) is 0 Å². The van der Waals surface area contributed by atoms with Crippen LogP contribution in [-0.2, 0) is 11.0 Å². The monoisotopic (exact) mass is 358 g/mol. The maximum atomic E-state index is 12.1. The summed E-state index contributed by atoms with van der Waals surface area (Å²) in [7, 11) is -1.30. The molecule has 4 nitrogen and oxygen atoms in total. The lowest BCUT2D eigenvalue weighted by Gasteiger charge is -2.22. The quantitative estimate of drug-likeness (QED) is 0.871. The first-order valence-electron chi connectivity index (χ1n) is 6.43. The molecule has 1 rings (SSSR count). The van der Waals surface area contributed by atoms with Gasteiger partial charge in [0, 0.05) is 12.2 Å². The Labute approximate surface area is 135 Å². The summed E-state index contributed by atoms with van der Waals surface area (Å²) in [4.78, 5) is 3.78. The highest BCUT2D eigenvalue weighted by Crippen LogP contribution is 2.27. The van der Waals surface area contributed by atoms with E-state index in [0.29, 0.717) is 5.56 Å². The predicted molar refractivity (Wildman–Crippen MR) is 80.2 cm³/mol. The van der Waals surface area contributed by atoms with Crippen LogP contribution in [0.1, 0.15) is 39.3 Å².